The molecule has 3 aromatic carbocycles. The third-order valence-electron chi connectivity index (χ3n) is 4.94. The first-order chi connectivity index (χ1) is 14.8. The number of aromatic nitrogens is 2. The minimum atomic E-state index is -0.0917. The van der Waals surface area contributed by atoms with Crippen LogP contribution in [0.4, 0.5) is 0 Å². The molecule has 0 fully saturated rings. The van der Waals surface area contributed by atoms with Crippen LogP contribution in [0.1, 0.15) is 33.1 Å². The normalized spacial score (nSPS) is 12.0. The van der Waals surface area contributed by atoms with Crippen LogP contribution in [0.25, 0.3) is 12.2 Å². The van der Waals surface area contributed by atoms with Gasteiger partial charge in [0, 0.05) is 24.5 Å². The number of amides is 1. The van der Waals surface area contributed by atoms with E-state index in [0.717, 1.165) is 16.7 Å². The van der Waals surface area contributed by atoms with E-state index in [9.17, 15) is 4.79 Å². The van der Waals surface area contributed by atoms with E-state index in [2.05, 4.69) is 22.4 Å². The molecule has 0 spiro atoms. The van der Waals surface area contributed by atoms with Crippen LogP contribution in [0.2, 0.25) is 0 Å². The summed E-state index contributed by atoms with van der Waals surface area (Å²) in [5, 5.41) is 3.08. The molecule has 1 atom stereocenters. The van der Waals surface area contributed by atoms with Crippen molar-refractivity contribution in [1.29, 1.82) is 0 Å². The topological polar surface area (TPSA) is 46.9 Å². The molecule has 0 aliphatic rings. The van der Waals surface area contributed by atoms with Gasteiger partial charge in [0.15, 0.2) is 0 Å². The minimum absolute atomic E-state index is 0.0150. The number of benzene rings is 3. The number of hydrogen-bond acceptors (Lipinski definition) is 2. The summed E-state index contributed by atoms with van der Waals surface area (Å²) in [6.45, 7) is 0.475. The number of nitrogens with zero attached hydrogens (tertiary/aromatic N) is 2. The van der Waals surface area contributed by atoms with Crippen molar-refractivity contribution in [2.75, 3.05) is 6.54 Å². The lowest BCUT2D eigenvalue weighted by Gasteiger charge is -2.19. The zero-order valence-electron chi connectivity index (χ0n) is 16.6. The molecule has 4 heteroatoms. The molecule has 1 unspecified atom stereocenters. The van der Waals surface area contributed by atoms with Crippen molar-refractivity contribution in [2.45, 2.75) is 6.04 Å². The van der Waals surface area contributed by atoms with Crippen LogP contribution in [0, 0.1) is 0 Å². The summed E-state index contributed by atoms with van der Waals surface area (Å²) >= 11 is 0. The maximum Gasteiger partial charge on any atom is 0.251 e. The lowest BCUT2D eigenvalue weighted by atomic mass is 10.1. The molecule has 4 nitrogen and oxygen atoms in total. The highest BCUT2D eigenvalue weighted by atomic mass is 16.1. The van der Waals surface area contributed by atoms with Crippen LogP contribution in [0.5, 0.6) is 0 Å². The first kappa shape index (κ1) is 19.4. The molecule has 1 amide bonds. The Balaban J connectivity index is 1.46. The Bertz CT molecular complexity index is 1100. The van der Waals surface area contributed by atoms with Crippen LogP contribution in [-0.4, -0.2) is 22.0 Å². The van der Waals surface area contributed by atoms with E-state index in [1.165, 1.54) is 0 Å². The SMILES string of the molecule is O=C(NCC(c1ccccc1)n1ccnc1)c1cccc(/C=C/c2ccccc2)c1. The highest BCUT2D eigenvalue weighted by Crippen LogP contribution is 2.17. The van der Waals surface area contributed by atoms with Crippen LogP contribution < -0.4 is 5.32 Å². The fourth-order valence-corrected chi connectivity index (χ4v) is 3.36. The molecular formula is C26H23N3O. The number of carbonyl (C=O) groups is 1. The van der Waals surface area contributed by atoms with Gasteiger partial charge in [-0.25, -0.2) is 4.98 Å². The van der Waals surface area contributed by atoms with Gasteiger partial charge in [0.05, 0.1) is 12.4 Å². The lowest BCUT2D eigenvalue weighted by molar-refractivity contribution is 0.0949. The third-order valence-corrected chi connectivity index (χ3v) is 4.94. The van der Waals surface area contributed by atoms with Gasteiger partial charge in [-0.1, -0.05) is 84.9 Å². The molecule has 1 N–H and O–H groups in total. The summed E-state index contributed by atoms with van der Waals surface area (Å²) in [7, 11) is 0. The zero-order valence-corrected chi connectivity index (χ0v) is 16.6. The Morgan fingerprint density at radius 3 is 2.33 bits per heavy atom. The number of carbonyl (C=O) groups excluding carboxylic acids is 1. The summed E-state index contributed by atoms with van der Waals surface area (Å²) in [5.74, 6) is -0.0917. The predicted molar refractivity (Wildman–Crippen MR) is 121 cm³/mol. The number of nitrogens with one attached hydrogen (secondary N) is 1. The molecule has 148 valence electrons. The largest absolute Gasteiger partial charge is 0.350 e. The molecule has 30 heavy (non-hydrogen) atoms. The van der Waals surface area contributed by atoms with Crippen molar-refractivity contribution in [3.63, 3.8) is 0 Å². The van der Waals surface area contributed by atoms with Crippen molar-refractivity contribution in [1.82, 2.24) is 14.9 Å². The second-order valence-electron chi connectivity index (χ2n) is 7.02. The van der Waals surface area contributed by atoms with Crippen molar-refractivity contribution < 1.29 is 4.79 Å². The molecule has 0 radical (unpaired) electrons. The smallest absolute Gasteiger partial charge is 0.251 e. The van der Waals surface area contributed by atoms with Gasteiger partial charge in [-0.3, -0.25) is 4.79 Å². The van der Waals surface area contributed by atoms with Crippen LogP contribution >= 0.6 is 0 Å². The van der Waals surface area contributed by atoms with Crippen LogP contribution in [0.3, 0.4) is 0 Å². The Labute approximate surface area is 176 Å². The van der Waals surface area contributed by atoms with Gasteiger partial charge < -0.3 is 9.88 Å². The zero-order chi connectivity index (χ0) is 20.6. The quantitative estimate of drug-likeness (QED) is 0.446. The minimum Gasteiger partial charge on any atom is -0.350 e. The van der Waals surface area contributed by atoms with Gasteiger partial charge in [0.1, 0.15) is 0 Å². The molecule has 0 aliphatic carbocycles. The summed E-state index contributed by atoms with van der Waals surface area (Å²) < 4.78 is 2.01. The predicted octanol–water partition coefficient (Wildman–Crippen LogP) is 5.07. The van der Waals surface area contributed by atoms with Crippen molar-refractivity contribution in [3.05, 3.63) is 126 Å². The van der Waals surface area contributed by atoms with Crippen LogP contribution in [0.15, 0.2) is 104 Å². The van der Waals surface area contributed by atoms with Gasteiger partial charge in [0.2, 0.25) is 0 Å². The molecule has 0 saturated heterocycles. The standard InChI is InChI=1S/C26H23N3O/c30-26(24-13-7-10-22(18-24)15-14-21-8-3-1-4-9-21)28-19-25(29-17-16-27-20-29)23-11-5-2-6-12-23/h1-18,20,25H,19H2,(H,28,30)/b15-14+. The maximum atomic E-state index is 12.8. The molecule has 1 aromatic heterocycles. The lowest BCUT2D eigenvalue weighted by Crippen LogP contribution is -2.31. The average Bonchev–Trinajstić information content (AvgIpc) is 3.34. The number of hydrogen-bond donors (Lipinski definition) is 1. The van der Waals surface area contributed by atoms with Gasteiger partial charge in [0.25, 0.3) is 5.91 Å². The van der Waals surface area contributed by atoms with E-state index < -0.39 is 0 Å². The van der Waals surface area contributed by atoms with E-state index >= 15 is 0 Å². The average molecular weight is 393 g/mol. The van der Waals surface area contributed by atoms with E-state index in [0.29, 0.717) is 12.1 Å². The second-order valence-corrected chi connectivity index (χ2v) is 7.02. The number of rotatable bonds is 7. The summed E-state index contributed by atoms with van der Waals surface area (Å²) in [6, 6.07) is 27.9. The van der Waals surface area contributed by atoms with E-state index in [1.807, 2.05) is 95.7 Å². The Kier molecular flexibility index (Phi) is 6.16. The second kappa shape index (κ2) is 9.52. The Hall–Kier alpha value is -3.92. The van der Waals surface area contributed by atoms with Crippen LogP contribution in [-0.2, 0) is 0 Å². The monoisotopic (exact) mass is 393 g/mol. The Morgan fingerprint density at radius 2 is 1.60 bits per heavy atom. The fourth-order valence-electron chi connectivity index (χ4n) is 3.36. The molecule has 1 heterocycles. The fraction of sp³-hybridized carbons (Fsp3) is 0.0769. The maximum absolute atomic E-state index is 12.8. The highest BCUT2D eigenvalue weighted by molar-refractivity contribution is 5.95. The first-order valence-corrected chi connectivity index (χ1v) is 9.93. The molecule has 0 saturated carbocycles. The van der Waals surface area contributed by atoms with E-state index in [1.54, 1.807) is 12.5 Å². The van der Waals surface area contributed by atoms with Gasteiger partial charge in [-0.2, -0.15) is 0 Å². The molecule has 4 rings (SSSR count). The summed E-state index contributed by atoms with van der Waals surface area (Å²) in [5.41, 5.74) is 3.87. The Morgan fingerprint density at radius 1 is 0.900 bits per heavy atom. The van der Waals surface area contributed by atoms with Crippen molar-refractivity contribution in [3.8, 4) is 0 Å². The summed E-state index contributed by atoms with van der Waals surface area (Å²) in [6.07, 6.45) is 9.50. The van der Waals surface area contributed by atoms with Gasteiger partial charge in [-0.15, -0.1) is 0 Å². The van der Waals surface area contributed by atoms with Crippen molar-refractivity contribution >= 4 is 18.1 Å². The summed E-state index contributed by atoms with van der Waals surface area (Å²) in [4.78, 5) is 17.0. The van der Waals surface area contributed by atoms with Gasteiger partial charge >= 0.3 is 0 Å². The highest BCUT2D eigenvalue weighted by Gasteiger charge is 2.15. The van der Waals surface area contributed by atoms with Crippen molar-refractivity contribution in [2.24, 2.45) is 0 Å². The third kappa shape index (κ3) is 4.92. The first-order valence-electron chi connectivity index (χ1n) is 9.93. The van der Waals surface area contributed by atoms with E-state index in [4.69, 9.17) is 0 Å². The molecular weight excluding hydrogens is 370 g/mol. The number of imidazole rings is 1. The van der Waals surface area contributed by atoms with E-state index in [-0.39, 0.29) is 11.9 Å². The molecule has 0 bridgehead atoms. The van der Waals surface area contributed by atoms with Gasteiger partial charge in [-0.05, 0) is 28.8 Å². The molecule has 0 aliphatic heterocycles. The molecule has 4 aromatic rings.